The molecule has 1 unspecified atom stereocenters. The van der Waals surface area contributed by atoms with Crippen LogP contribution in [0.2, 0.25) is 0 Å². The summed E-state index contributed by atoms with van der Waals surface area (Å²) in [6.45, 7) is 14.6. The first-order valence-electron chi connectivity index (χ1n) is 8.60. The molecule has 4 nitrogen and oxygen atoms in total. The number of nitrogens with zero attached hydrogens (tertiary/aromatic N) is 1. The van der Waals surface area contributed by atoms with E-state index < -0.39 is 0 Å². The molecule has 0 bridgehead atoms. The summed E-state index contributed by atoms with van der Waals surface area (Å²) in [5, 5.41) is 6.73. The molecule has 4 heteroatoms. The van der Waals surface area contributed by atoms with Crippen molar-refractivity contribution >= 4 is 5.91 Å². The molecule has 124 valence electrons. The largest absolute Gasteiger partial charge is 0.352 e. The Morgan fingerprint density at radius 3 is 2.52 bits per heavy atom. The number of hydrogen-bond acceptors (Lipinski definition) is 3. The number of carbonyl (C=O) groups is 1. The van der Waals surface area contributed by atoms with Crippen LogP contribution < -0.4 is 10.6 Å². The summed E-state index contributed by atoms with van der Waals surface area (Å²) < 4.78 is 0. The minimum absolute atomic E-state index is 0.176. The molecular formula is C17H35N3O. The standard InChI is InChI=1S/C17H35N3O/c1-6-15(7-2)19-16(21)13-20-10-8-9-14(12-20)11-18-17(3,4)5/h14-15,18H,6-13H2,1-5H3,(H,19,21). The predicted molar refractivity (Wildman–Crippen MR) is 89.4 cm³/mol. The van der Waals surface area contributed by atoms with Crippen LogP contribution >= 0.6 is 0 Å². The van der Waals surface area contributed by atoms with E-state index in [1.54, 1.807) is 0 Å². The first-order chi connectivity index (χ1) is 9.84. The summed E-state index contributed by atoms with van der Waals surface area (Å²) >= 11 is 0. The van der Waals surface area contributed by atoms with Crippen LogP contribution in [0, 0.1) is 5.92 Å². The highest BCUT2D eigenvalue weighted by Crippen LogP contribution is 2.16. The molecule has 0 aromatic heterocycles. The highest BCUT2D eigenvalue weighted by Gasteiger charge is 2.23. The fourth-order valence-corrected chi connectivity index (χ4v) is 2.88. The van der Waals surface area contributed by atoms with Crippen LogP contribution in [0.3, 0.4) is 0 Å². The Labute approximate surface area is 131 Å². The van der Waals surface area contributed by atoms with Crippen LogP contribution in [-0.2, 0) is 4.79 Å². The normalized spacial score (nSPS) is 20.8. The SMILES string of the molecule is CCC(CC)NC(=O)CN1CCCC(CNC(C)(C)C)C1. The molecular weight excluding hydrogens is 262 g/mol. The molecule has 0 aromatic rings. The Balaban J connectivity index is 2.33. The van der Waals surface area contributed by atoms with E-state index in [1.807, 2.05) is 0 Å². The number of piperidine rings is 1. The smallest absolute Gasteiger partial charge is 0.234 e. The quantitative estimate of drug-likeness (QED) is 0.758. The molecule has 1 fully saturated rings. The Kier molecular flexibility index (Phi) is 7.67. The third kappa shape index (κ3) is 7.82. The van der Waals surface area contributed by atoms with Crippen molar-refractivity contribution in [2.24, 2.45) is 5.92 Å². The van der Waals surface area contributed by atoms with Crippen LogP contribution in [0.4, 0.5) is 0 Å². The molecule has 1 amide bonds. The maximum absolute atomic E-state index is 12.1. The van der Waals surface area contributed by atoms with E-state index >= 15 is 0 Å². The van der Waals surface area contributed by atoms with Gasteiger partial charge in [-0.15, -0.1) is 0 Å². The minimum Gasteiger partial charge on any atom is -0.352 e. The molecule has 0 aromatic carbocycles. The number of nitrogens with one attached hydrogen (secondary N) is 2. The molecule has 1 atom stereocenters. The average molecular weight is 297 g/mol. The number of hydrogen-bond donors (Lipinski definition) is 2. The number of amides is 1. The van der Waals surface area contributed by atoms with Crippen LogP contribution in [0.5, 0.6) is 0 Å². The molecule has 0 saturated carbocycles. The zero-order valence-corrected chi connectivity index (χ0v) is 14.7. The van der Waals surface area contributed by atoms with Gasteiger partial charge in [0.15, 0.2) is 0 Å². The van der Waals surface area contributed by atoms with Crippen molar-refractivity contribution < 1.29 is 4.79 Å². The van der Waals surface area contributed by atoms with E-state index in [2.05, 4.69) is 50.2 Å². The minimum atomic E-state index is 0.176. The van der Waals surface area contributed by atoms with Crippen molar-refractivity contribution in [3.63, 3.8) is 0 Å². The zero-order valence-electron chi connectivity index (χ0n) is 14.7. The van der Waals surface area contributed by atoms with Gasteiger partial charge in [-0.3, -0.25) is 9.69 Å². The van der Waals surface area contributed by atoms with Crippen LogP contribution in [0.15, 0.2) is 0 Å². The second-order valence-corrected chi connectivity index (χ2v) is 7.46. The molecule has 21 heavy (non-hydrogen) atoms. The van der Waals surface area contributed by atoms with Crippen molar-refractivity contribution in [2.45, 2.75) is 71.9 Å². The van der Waals surface area contributed by atoms with Gasteiger partial charge in [-0.25, -0.2) is 0 Å². The van der Waals surface area contributed by atoms with Gasteiger partial charge < -0.3 is 10.6 Å². The Hall–Kier alpha value is -0.610. The van der Waals surface area contributed by atoms with Gasteiger partial charge in [0.25, 0.3) is 0 Å². The Morgan fingerprint density at radius 1 is 1.29 bits per heavy atom. The third-order valence-corrected chi connectivity index (χ3v) is 4.24. The maximum Gasteiger partial charge on any atom is 0.234 e. The van der Waals surface area contributed by atoms with Gasteiger partial charge in [-0.2, -0.15) is 0 Å². The molecule has 0 radical (unpaired) electrons. The lowest BCUT2D eigenvalue weighted by Crippen LogP contribution is -2.48. The van der Waals surface area contributed by atoms with Crippen LogP contribution in [-0.4, -0.2) is 48.6 Å². The molecule has 0 spiro atoms. The van der Waals surface area contributed by atoms with E-state index in [1.165, 1.54) is 12.8 Å². The van der Waals surface area contributed by atoms with Crippen molar-refractivity contribution in [3.8, 4) is 0 Å². The van der Waals surface area contributed by atoms with Gasteiger partial charge >= 0.3 is 0 Å². The molecule has 0 aliphatic carbocycles. The van der Waals surface area contributed by atoms with E-state index in [9.17, 15) is 4.79 Å². The predicted octanol–water partition coefficient (Wildman–Crippen LogP) is 2.39. The molecule has 1 heterocycles. The number of likely N-dealkylation sites (tertiary alicyclic amines) is 1. The fraction of sp³-hybridized carbons (Fsp3) is 0.941. The summed E-state index contributed by atoms with van der Waals surface area (Å²) in [5.41, 5.74) is 0.176. The molecule has 1 aliphatic rings. The summed E-state index contributed by atoms with van der Waals surface area (Å²) in [7, 11) is 0. The van der Waals surface area contributed by atoms with Crippen LogP contribution in [0.1, 0.15) is 60.3 Å². The van der Waals surface area contributed by atoms with Gasteiger partial charge in [0.05, 0.1) is 6.54 Å². The highest BCUT2D eigenvalue weighted by atomic mass is 16.2. The second kappa shape index (κ2) is 8.74. The fourth-order valence-electron chi connectivity index (χ4n) is 2.88. The van der Waals surface area contributed by atoms with Crippen LogP contribution in [0.25, 0.3) is 0 Å². The average Bonchev–Trinajstić information content (AvgIpc) is 2.42. The lowest BCUT2D eigenvalue weighted by Gasteiger charge is -2.34. The topological polar surface area (TPSA) is 44.4 Å². The number of rotatable bonds is 7. The van der Waals surface area contributed by atoms with E-state index in [-0.39, 0.29) is 11.4 Å². The molecule has 1 saturated heterocycles. The van der Waals surface area contributed by atoms with Gasteiger partial charge in [-0.1, -0.05) is 13.8 Å². The third-order valence-electron chi connectivity index (χ3n) is 4.24. The van der Waals surface area contributed by atoms with E-state index in [0.29, 0.717) is 18.5 Å². The highest BCUT2D eigenvalue weighted by molar-refractivity contribution is 5.78. The first kappa shape index (κ1) is 18.4. The van der Waals surface area contributed by atoms with Crippen molar-refractivity contribution in [1.29, 1.82) is 0 Å². The lowest BCUT2D eigenvalue weighted by molar-refractivity contribution is -0.123. The summed E-state index contributed by atoms with van der Waals surface area (Å²) in [5.74, 6) is 0.854. The Morgan fingerprint density at radius 2 is 1.95 bits per heavy atom. The summed E-state index contributed by atoms with van der Waals surface area (Å²) in [4.78, 5) is 14.4. The van der Waals surface area contributed by atoms with Gasteiger partial charge in [0, 0.05) is 18.1 Å². The van der Waals surface area contributed by atoms with E-state index in [4.69, 9.17) is 0 Å². The monoisotopic (exact) mass is 297 g/mol. The Bertz CT molecular complexity index is 308. The molecule has 2 N–H and O–H groups in total. The van der Waals surface area contributed by atoms with Gasteiger partial charge in [0.2, 0.25) is 5.91 Å². The van der Waals surface area contributed by atoms with Crippen molar-refractivity contribution in [1.82, 2.24) is 15.5 Å². The van der Waals surface area contributed by atoms with Gasteiger partial charge in [0.1, 0.15) is 0 Å². The van der Waals surface area contributed by atoms with E-state index in [0.717, 1.165) is 32.5 Å². The van der Waals surface area contributed by atoms with Gasteiger partial charge in [-0.05, 0) is 65.5 Å². The lowest BCUT2D eigenvalue weighted by atomic mass is 9.96. The van der Waals surface area contributed by atoms with Crippen molar-refractivity contribution in [2.75, 3.05) is 26.2 Å². The molecule has 1 aliphatic heterocycles. The second-order valence-electron chi connectivity index (χ2n) is 7.46. The summed E-state index contributed by atoms with van der Waals surface area (Å²) in [6, 6.07) is 0.334. The molecule has 1 rings (SSSR count). The van der Waals surface area contributed by atoms with Crippen molar-refractivity contribution in [3.05, 3.63) is 0 Å². The first-order valence-corrected chi connectivity index (χ1v) is 8.60. The summed E-state index contributed by atoms with van der Waals surface area (Å²) in [6.07, 6.45) is 4.50. The zero-order chi connectivity index (χ0) is 15.9. The maximum atomic E-state index is 12.1. The number of carbonyl (C=O) groups excluding carboxylic acids is 1.